The number of hydrogen-bond donors (Lipinski definition) is 2. The molecule has 2 unspecified atom stereocenters. The van der Waals surface area contributed by atoms with Gasteiger partial charge in [-0.25, -0.2) is 0 Å². The maximum atomic E-state index is 10.2. The van der Waals surface area contributed by atoms with Crippen molar-refractivity contribution < 1.29 is 5.11 Å². The molecular weight excluding hydrogens is 260 g/mol. The summed E-state index contributed by atoms with van der Waals surface area (Å²) in [7, 11) is 0. The van der Waals surface area contributed by atoms with Gasteiger partial charge in [-0.3, -0.25) is 0 Å². The third kappa shape index (κ3) is 5.88. The van der Waals surface area contributed by atoms with Crippen LogP contribution in [-0.4, -0.2) is 47.8 Å². The molecule has 21 heavy (non-hydrogen) atoms. The van der Waals surface area contributed by atoms with E-state index in [9.17, 15) is 5.11 Å². The van der Waals surface area contributed by atoms with Gasteiger partial charge in [-0.1, -0.05) is 26.7 Å². The maximum absolute atomic E-state index is 10.2. The smallest absolute Gasteiger partial charge is 0.0718 e. The molecule has 0 aromatic heterocycles. The van der Waals surface area contributed by atoms with Crippen molar-refractivity contribution in [3.63, 3.8) is 0 Å². The maximum Gasteiger partial charge on any atom is 0.0718 e. The van der Waals surface area contributed by atoms with Crippen LogP contribution < -0.4 is 5.32 Å². The first-order valence-corrected chi connectivity index (χ1v) is 9.00. The van der Waals surface area contributed by atoms with Crippen LogP contribution in [-0.2, 0) is 0 Å². The van der Waals surface area contributed by atoms with E-state index in [0.717, 1.165) is 31.6 Å². The average Bonchev–Trinajstić information content (AvgIpc) is 3.18. The summed E-state index contributed by atoms with van der Waals surface area (Å²) >= 11 is 0. The van der Waals surface area contributed by atoms with Crippen LogP contribution in [0.1, 0.15) is 66.2 Å². The average molecular weight is 296 g/mol. The largest absolute Gasteiger partial charge is 0.389 e. The van der Waals surface area contributed by atoms with Crippen molar-refractivity contribution in [3.8, 4) is 0 Å². The third-order valence-electron chi connectivity index (χ3n) is 5.15. The predicted molar refractivity (Wildman–Crippen MR) is 89.5 cm³/mol. The normalized spacial score (nSPS) is 30.9. The number of hydrogen-bond acceptors (Lipinski definition) is 3. The second-order valence-corrected chi connectivity index (χ2v) is 8.47. The summed E-state index contributed by atoms with van der Waals surface area (Å²) in [4.78, 5) is 2.46. The Bertz CT molecular complexity index is 322. The van der Waals surface area contributed by atoms with Crippen LogP contribution in [0.2, 0.25) is 0 Å². The molecule has 2 N–H and O–H groups in total. The molecule has 3 heteroatoms. The van der Waals surface area contributed by atoms with Crippen LogP contribution in [0, 0.1) is 11.3 Å². The van der Waals surface area contributed by atoms with Crippen LogP contribution >= 0.6 is 0 Å². The number of aliphatic hydroxyl groups is 1. The minimum absolute atomic E-state index is 0.418. The first kappa shape index (κ1) is 17.2. The molecule has 3 nitrogen and oxygen atoms in total. The van der Waals surface area contributed by atoms with Crippen LogP contribution in [0.15, 0.2) is 0 Å². The van der Waals surface area contributed by atoms with Gasteiger partial charge in [-0.15, -0.1) is 0 Å². The number of nitrogens with zero attached hydrogens (tertiary/aromatic N) is 1. The Kier molecular flexibility index (Phi) is 5.72. The lowest BCUT2D eigenvalue weighted by atomic mass is 9.69. The van der Waals surface area contributed by atoms with Crippen molar-refractivity contribution in [3.05, 3.63) is 0 Å². The first-order chi connectivity index (χ1) is 9.82. The molecule has 2 aliphatic rings. The molecule has 0 bridgehead atoms. The van der Waals surface area contributed by atoms with Crippen molar-refractivity contribution in [2.45, 2.75) is 77.9 Å². The highest BCUT2D eigenvalue weighted by Crippen LogP contribution is 2.40. The number of nitrogens with one attached hydrogen (secondary N) is 1. The van der Waals surface area contributed by atoms with E-state index < -0.39 is 5.60 Å². The highest BCUT2D eigenvalue weighted by atomic mass is 16.3. The van der Waals surface area contributed by atoms with Crippen molar-refractivity contribution in [2.24, 2.45) is 11.3 Å². The summed E-state index contributed by atoms with van der Waals surface area (Å²) in [5.74, 6) is 0.848. The third-order valence-corrected chi connectivity index (χ3v) is 5.15. The molecule has 0 amide bonds. The molecule has 0 aliphatic heterocycles. The second kappa shape index (κ2) is 6.97. The predicted octanol–water partition coefficient (Wildman–Crippen LogP) is 3.03. The van der Waals surface area contributed by atoms with Gasteiger partial charge in [0.15, 0.2) is 0 Å². The van der Waals surface area contributed by atoms with E-state index in [1.165, 1.54) is 45.1 Å². The van der Waals surface area contributed by atoms with Gasteiger partial charge in [-0.05, 0) is 57.4 Å². The van der Waals surface area contributed by atoms with Gasteiger partial charge in [0.25, 0.3) is 0 Å². The summed E-state index contributed by atoms with van der Waals surface area (Å²) in [5, 5.41) is 13.9. The Labute approximate surface area is 131 Å². The van der Waals surface area contributed by atoms with Gasteiger partial charge in [0.2, 0.25) is 0 Å². The first-order valence-electron chi connectivity index (χ1n) is 9.00. The molecule has 0 aromatic rings. The van der Waals surface area contributed by atoms with Gasteiger partial charge in [0.1, 0.15) is 0 Å². The zero-order valence-electron chi connectivity index (χ0n) is 14.6. The van der Waals surface area contributed by atoms with Gasteiger partial charge < -0.3 is 15.3 Å². The molecule has 124 valence electrons. The molecule has 2 rings (SSSR count). The Balaban J connectivity index is 1.98. The molecular formula is C18H36N2O. The molecule has 2 fully saturated rings. The van der Waals surface area contributed by atoms with Crippen LogP contribution in [0.4, 0.5) is 0 Å². The van der Waals surface area contributed by atoms with Crippen molar-refractivity contribution in [1.82, 2.24) is 10.2 Å². The van der Waals surface area contributed by atoms with E-state index in [1.807, 2.05) is 13.8 Å². The Morgan fingerprint density at radius 1 is 1.29 bits per heavy atom. The summed E-state index contributed by atoms with van der Waals surface area (Å²) < 4.78 is 0. The monoisotopic (exact) mass is 296 g/mol. The summed E-state index contributed by atoms with van der Waals surface area (Å²) in [6.45, 7) is 12.6. The van der Waals surface area contributed by atoms with E-state index in [1.54, 1.807) is 0 Å². The van der Waals surface area contributed by atoms with Gasteiger partial charge >= 0.3 is 0 Å². The van der Waals surface area contributed by atoms with Crippen LogP contribution in [0.25, 0.3) is 0 Å². The molecule has 2 saturated carbocycles. The fourth-order valence-electron chi connectivity index (χ4n) is 4.08. The van der Waals surface area contributed by atoms with E-state index >= 15 is 0 Å². The summed E-state index contributed by atoms with van der Waals surface area (Å²) in [5.41, 5.74) is -0.178. The molecule has 0 radical (unpaired) electrons. The van der Waals surface area contributed by atoms with Crippen molar-refractivity contribution in [1.29, 1.82) is 0 Å². The van der Waals surface area contributed by atoms with Gasteiger partial charge in [0.05, 0.1) is 5.60 Å². The molecule has 0 aromatic carbocycles. The minimum Gasteiger partial charge on any atom is -0.389 e. The van der Waals surface area contributed by atoms with E-state index in [-0.39, 0.29) is 0 Å². The Hall–Kier alpha value is -0.120. The van der Waals surface area contributed by atoms with Crippen molar-refractivity contribution in [2.75, 3.05) is 26.2 Å². The summed E-state index contributed by atoms with van der Waals surface area (Å²) in [6, 6.07) is 0.795. The van der Waals surface area contributed by atoms with Crippen molar-refractivity contribution >= 4 is 0 Å². The lowest BCUT2D eigenvalue weighted by molar-refractivity contribution is 0.00957. The van der Waals surface area contributed by atoms with Crippen LogP contribution in [0.5, 0.6) is 0 Å². The zero-order valence-corrected chi connectivity index (χ0v) is 14.6. The van der Waals surface area contributed by atoms with Gasteiger partial charge in [0, 0.05) is 25.7 Å². The Morgan fingerprint density at radius 3 is 2.52 bits per heavy atom. The molecule has 2 aliphatic carbocycles. The fourth-order valence-corrected chi connectivity index (χ4v) is 4.08. The molecule has 0 heterocycles. The highest BCUT2D eigenvalue weighted by Gasteiger charge is 2.38. The Morgan fingerprint density at radius 2 is 2.00 bits per heavy atom. The summed E-state index contributed by atoms with van der Waals surface area (Å²) in [6.07, 6.45) is 8.18. The zero-order chi connectivity index (χ0) is 15.5. The minimum atomic E-state index is -0.596. The SMILES string of the molecule is CCN(CC(C)(C)O)CC1(CNC2CC2)CCCC(C)C1. The lowest BCUT2D eigenvalue weighted by Gasteiger charge is -2.44. The topological polar surface area (TPSA) is 35.5 Å². The highest BCUT2D eigenvalue weighted by molar-refractivity contribution is 4.93. The molecule has 0 spiro atoms. The lowest BCUT2D eigenvalue weighted by Crippen LogP contribution is -2.50. The van der Waals surface area contributed by atoms with Crippen LogP contribution in [0.3, 0.4) is 0 Å². The van der Waals surface area contributed by atoms with E-state index in [0.29, 0.717) is 5.41 Å². The molecule has 0 saturated heterocycles. The van der Waals surface area contributed by atoms with E-state index in [2.05, 4.69) is 24.1 Å². The quantitative estimate of drug-likeness (QED) is 0.723. The number of rotatable bonds is 8. The molecule has 2 atom stereocenters. The fraction of sp³-hybridized carbons (Fsp3) is 1.00. The van der Waals surface area contributed by atoms with Gasteiger partial charge in [-0.2, -0.15) is 0 Å². The standard InChI is InChI=1S/C18H36N2O/c1-5-20(13-17(3,4)21)14-18(12-19-16-8-9-16)10-6-7-15(2)11-18/h15-16,19,21H,5-14H2,1-4H3. The number of likely N-dealkylation sites (N-methyl/N-ethyl adjacent to an activating group) is 1. The van der Waals surface area contributed by atoms with E-state index in [4.69, 9.17) is 0 Å². The second-order valence-electron chi connectivity index (χ2n) is 8.47.